The molecule has 2 aromatic carbocycles. The summed E-state index contributed by atoms with van der Waals surface area (Å²) in [6.07, 6.45) is 1.67. The third-order valence-electron chi connectivity index (χ3n) is 3.48. The van der Waals surface area contributed by atoms with Gasteiger partial charge in [0.25, 0.3) is 0 Å². The number of H-pyrrole nitrogens is 1. The summed E-state index contributed by atoms with van der Waals surface area (Å²) in [5, 5.41) is 13.2. The fourth-order valence-electron chi connectivity index (χ4n) is 2.28. The van der Waals surface area contributed by atoms with Crippen LogP contribution in [0.5, 0.6) is 11.5 Å². The Morgan fingerprint density at radius 3 is 2.68 bits per heavy atom. The van der Waals surface area contributed by atoms with Gasteiger partial charge in [-0.05, 0) is 42.5 Å². The van der Waals surface area contributed by atoms with E-state index in [9.17, 15) is 4.79 Å². The van der Waals surface area contributed by atoms with Crippen molar-refractivity contribution in [3.63, 3.8) is 0 Å². The van der Waals surface area contributed by atoms with Crippen molar-refractivity contribution in [3.05, 3.63) is 55.1 Å². The molecular formula is C18H18N4O3. The maximum atomic E-state index is 12.2. The number of carbonyl (C=O) groups excluding carboxylic acids is 1. The van der Waals surface area contributed by atoms with E-state index in [1.165, 1.54) is 0 Å². The van der Waals surface area contributed by atoms with Gasteiger partial charge in [-0.15, -0.1) is 0 Å². The predicted molar refractivity (Wildman–Crippen MR) is 97.4 cm³/mol. The highest BCUT2D eigenvalue weighted by Gasteiger charge is 2.10. The van der Waals surface area contributed by atoms with E-state index in [0.29, 0.717) is 23.9 Å². The standard InChI is InChI=1S/C18H18N4O3/c1-3-10-25-14-8-9-16-15(11-14)17(22-21-16)20-18(23)19-12-4-6-13(24-2)7-5-12/h3-9,11H,1,10H2,2H3,(H3,19,20,21,22,23). The Hall–Kier alpha value is -3.48. The van der Waals surface area contributed by atoms with Crippen LogP contribution in [-0.2, 0) is 0 Å². The predicted octanol–water partition coefficient (Wildman–Crippen LogP) is 3.78. The summed E-state index contributed by atoms with van der Waals surface area (Å²) in [5.74, 6) is 1.81. The number of hydrogen-bond donors (Lipinski definition) is 3. The molecule has 25 heavy (non-hydrogen) atoms. The van der Waals surface area contributed by atoms with Crippen molar-refractivity contribution >= 4 is 28.4 Å². The minimum Gasteiger partial charge on any atom is -0.497 e. The Balaban J connectivity index is 1.72. The van der Waals surface area contributed by atoms with Crippen molar-refractivity contribution in [1.29, 1.82) is 0 Å². The summed E-state index contributed by atoms with van der Waals surface area (Å²) < 4.78 is 10.6. The smallest absolute Gasteiger partial charge is 0.324 e. The van der Waals surface area contributed by atoms with Crippen LogP contribution in [0.3, 0.4) is 0 Å². The normalized spacial score (nSPS) is 10.3. The van der Waals surface area contributed by atoms with Gasteiger partial charge in [0.15, 0.2) is 5.82 Å². The fourth-order valence-corrected chi connectivity index (χ4v) is 2.28. The maximum Gasteiger partial charge on any atom is 0.324 e. The number of aromatic amines is 1. The number of aromatic nitrogens is 2. The van der Waals surface area contributed by atoms with E-state index >= 15 is 0 Å². The number of benzene rings is 2. The van der Waals surface area contributed by atoms with Crippen LogP contribution in [0.4, 0.5) is 16.3 Å². The van der Waals surface area contributed by atoms with Crippen LogP contribution in [0, 0.1) is 0 Å². The average Bonchev–Trinajstić information content (AvgIpc) is 3.02. The van der Waals surface area contributed by atoms with Crippen LogP contribution in [-0.4, -0.2) is 29.9 Å². The topological polar surface area (TPSA) is 88.3 Å². The molecule has 1 heterocycles. The Labute approximate surface area is 144 Å². The molecule has 0 fully saturated rings. The van der Waals surface area contributed by atoms with E-state index in [1.54, 1.807) is 37.5 Å². The number of nitrogens with zero attached hydrogens (tertiary/aromatic N) is 1. The van der Waals surface area contributed by atoms with Crippen molar-refractivity contribution in [2.45, 2.75) is 0 Å². The zero-order valence-electron chi connectivity index (χ0n) is 13.7. The van der Waals surface area contributed by atoms with Gasteiger partial charge in [-0.25, -0.2) is 4.79 Å². The van der Waals surface area contributed by atoms with E-state index in [-0.39, 0.29) is 0 Å². The van der Waals surface area contributed by atoms with Crippen molar-refractivity contribution in [1.82, 2.24) is 10.2 Å². The van der Waals surface area contributed by atoms with Gasteiger partial charge in [0.1, 0.15) is 18.1 Å². The van der Waals surface area contributed by atoms with Crippen LogP contribution in [0.1, 0.15) is 0 Å². The molecule has 2 amide bonds. The van der Waals surface area contributed by atoms with Gasteiger partial charge in [0, 0.05) is 11.1 Å². The second-order valence-corrected chi connectivity index (χ2v) is 5.19. The van der Waals surface area contributed by atoms with Crippen LogP contribution in [0.15, 0.2) is 55.1 Å². The number of fused-ring (bicyclic) bond motifs is 1. The highest BCUT2D eigenvalue weighted by atomic mass is 16.5. The van der Waals surface area contributed by atoms with Gasteiger partial charge in [0.2, 0.25) is 0 Å². The Bertz CT molecular complexity index is 887. The van der Waals surface area contributed by atoms with E-state index in [4.69, 9.17) is 9.47 Å². The molecule has 0 aliphatic carbocycles. The van der Waals surface area contributed by atoms with Crippen LogP contribution < -0.4 is 20.1 Å². The SMILES string of the molecule is C=CCOc1ccc2[nH]nc(NC(=O)Nc3ccc(OC)cc3)c2c1. The van der Waals surface area contributed by atoms with Crippen molar-refractivity contribution in [2.24, 2.45) is 0 Å². The van der Waals surface area contributed by atoms with E-state index in [1.807, 2.05) is 18.2 Å². The number of rotatable bonds is 6. The zero-order chi connectivity index (χ0) is 17.6. The lowest BCUT2D eigenvalue weighted by Crippen LogP contribution is -2.19. The highest BCUT2D eigenvalue weighted by molar-refractivity contribution is 6.04. The number of ether oxygens (including phenoxy) is 2. The van der Waals surface area contributed by atoms with Gasteiger partial charge in [0.05, 0.1) is 12.6 Å². The molecule has 128 valence electrons. The minimum atomic E-state index is -0.393. The van der Waals surface area contributed by atoms with Crippen molar-refractivity contribution in [3.8, 4) is 11.5 Å². The first kappa shape index (κ1) is 16.4. The highest BCUT2D eigenvalue weighted by Crippen LogP contribution is 2.25. The summed E-state index contributed by atoms with van der Waals surface area (Å²) in [7, 11) is 1.59. The molecular weight excluding hydrogens is 320 g/mol. The number of anilines is 2. The van der Waals surface area contributed by atoms with Crippen molar-refractivity contribution < 1.29 is 14.3 Å². The molecule has 0 spiro atoms. The number of amides is 2. The number of methoxy groups -OCH3 is 1. The van der Waals surface area contributed by atoms with E-state index in [2.05, 4.69) is 27.4 Å². The second kappa shape index (κ2) is 7.39. The zero-order valence-corrected chi connectivity index (χ0v) is 13.7. The largest absolute Gasteiger partial charge is 0.497 e. The molecule has 7 nitrogen and oxygen atoms in total. The second-order valence-electron chi connectivity index (χ2n) is 5.19. The maximum absolute atomic E-state index is 12.2. The Morgan fingerprint density at radius 2 is 1.96 bits per heavy atom. The quantitative estimate of drug-likeness (QED) is 0.597. The molecule has 0 saturated carbocycles. The number of nitrogens with one attached hydrogen (secondary N) is 3. The average molecular weight is 338 g/mol. The first-order valence-corrected chi connectivity index (χ1v) is 7.63. The first-order valence-electron chi connectivity index (χ1n) is 7.63. The van der Waals surface area contributed by atoms with E-state index in [0.717, 1.165) is 16.7 Å². The number of hydrogen-bond acceptors (Lipinski definition) is 4. The lowest BCUT2D eigenvalue weighted by Gasteiger charge is -2.07. The minimum absolute atomic E-state index is 0.393. The number of carbonyl (C=O) groups is 1. The van der Waals surface area contributed by atoms with Gasteiger partial charge in [-0.1, -0.05) is 12.7 Å². The third kappa shape index (κ3) is 3.89. The Kier molecular flexibility index (Phi) is 4.84. The van der Waals surface area contributed by atoms with Crippen LogP contribution >= 0.6 is 0 Å². The molecule has 0 radical (unpaired) electrons. The fraction of sp³-hybridized carbons (Fsp3) is 0.111. The van der Waals surface area contributed by atoms with Gasteiger partial charge >= 0.3 is 6.03 Å². The molecule has 0 aliphatic heterocycles. The monoisotopic (exact) mass is 338 g/mol. The molecule has 3 N–H and O–H groups in total. The summed E-state index contributed by atoms with van der Waals surface area (Å²) >= 11 is 0. The summed E-state index contributed by atoms with van der Waals surface area (Å²) in [6.45, 7) is 4.03. The summed E-state index contributed by atoms with van der Waals surface area (Å²) in [4.78, 5) is 12.2. The van der Waals surface area contributed by atoms with Gasteiger partial charge < -0.3 is 14.8 Å². The molecule has 7 heteroatoms. The molecule has 1 aromatic heterocycles. The van der Waals surface area contributed by atoms with Crippen molar-refractivity contribution in [2.75, 3.05) is 24.4 Å². The molecule has 0 unspecified atom stereocenters. The van der Waals surface area contributed by atoms with Crippen LogP contribution in [0.25, 0.3) is 10.9 Å². The first-order chi connectivity index (χ1) is 12.2. The third-order valence-corrected chi connectivity index (χ3v) is 3.48. The van der Waals surface area contributed by atoms with Gasteiger partial charge in [-0.3, -0.25) is 10.4 Å². The van der Waals surface area contributed by atoms with Crippen LogP contribution in [0.2, 0.25) is 0 Å². The summed E-state index contributed by atoms with van der Waals surface area (Å²) in [5.41, 5.74) is 1.44. The lowest BCUT2D eigenvalue weighted by molar-refractivity contribution is 0.262. The lowest BCUT2D eigenvalue weighted by atomic mass is 10.2. The molecule has 3 rings (SSSR count). The van der Waals surface area contributed by atoms with Gasteiger partial charge in [-0.2, -0.15) is 5.10 Å². The molecule has 0 saturated heterocycles. The number of urea groups is 1. The van der Waals surface area contributed by atoms with E-state index < -0.39 is 6.03 Å². The molecule has 0 aliphatic rings. The molecule has 0 bridgehead atoms. The molecule has 3 aromatic rings. The Morgan fingerprint density at radius 1 is 1.20 bits per heavy atom. The molecule has 0 atom stereocenters. The summed E-state index contributed by atoms with van der Waals surface area (Å²) in [6, 6.07) is 12.1.